The van der Waals surface area contributed by atoms with Gasteiger partial charge in [-0.1, -0.05) is 38.6 Å². The second-order valence-corrected chi connectivity index (χ2v) is 14.9. The second kappa shape index (κ2) is 12.0. The summed E-state index contributed by atoms with van der Waals surface area (Å²) in [7, 11) is 3.51. The van der Waals surface area contributed by atoms with Gasteiger partial charge in [-0.3, -0.25) is 0 Å². The number of fused-ring (bicyclic) bond motifs is 5. The number of thioether (sulfide) groups is 1. The Hall–Kier alpha value is -1.07. The zero-order valence-electron chi connectivity index (χ0n) is 24.8. The van der Waals surface area contributed by atoms with Crippen LogP contribution >= 0.6 is 11.8 Å². The lowest BCUT2D eigenvalue weighted by atomic mass is 9.44. The number of halogens is 2. The molecule has 0 N–H and O–H groups in total. The Bertz CT molecular complexity index is 995. The highest BCUT2D eigenvalue weighted by atomic mass is 32.2. The number of hydrogen-bond acceptors (Lipinski definition) is 3. The standard InChI is InChI=1S/C34H50F2O2S/c1-22(7-6-8-31(32(35)36)39-26-12-10-24(37-4)11-13-26)28-15-16-29-27-14-9-23-21-25(38-5)17-19-33(23,2)30(27)18-20-34(28,29)3/h8,10-13,22-23,25,27-30,32H,6-7,9,14-21H2,1-5H3/b31-8-/t22-,23+,25-,27+,28-,29+,30+,33+,34-/m1/s1. The van der Waals surface area contributed by atoms with Crippen LogP contribution in [0.2, 0.25) is 0 Å². The molecule has 4 fully saturated rings. The lowest BCUT2D eigenvalue weighted by Gasteiger charge is -2.61. The lowest BCUT2D eigenvalue weighted by Crippen LogP contribution is -2.54. The Morgan fingerprint density at radius 3 is 2.38 bits per heavy atom. The molecular formula is C34H50F2O2S. The van der Waals surface area contributed by atoms with Gasteiger partial charge < -0.3 is 9.47 Å². The molecule has 0 aromatic heterocycles. The Balaban J connectivity index is 1.21. The maximum Gasteiger partial charge on any atom is 0.269 e. The third-order valence-electron chi connectivity index (χ3n) is 12.2. The third kappa shape index (κ3) is 5.70. The Morgan fingerprint density at radius 1 is 0.974 bits per heavy atom. The van der Waals surface area contributed by atoms with E-state index in [4.69, 9.17) is 9.47 Å². The van der Waals surface area contributed by atoms with Crippen molar-refractivity contribution >= 4 is 11.8 Å². The molecule has 4 aliphatic rings. The summed E-state index contributed by atoms with van der Waals surface area (Å²) in [4.78, 5) is 1.01. The van der Waals surface area contributed by atoms with Gasteiger partial charge in [0.1, 0.15) is 5.75 Å². The van der Waals surface area contributed by atoms with Crippen molar-refractivity contribution in [2.24, 2.45) is 46.3 Å². The van der Waals surface area contributed by atoms with Crippen molar-refractivity contribution in [3.63, 3.8) is 0 Å². The largest absolute Gasteiger partial charge is 0.497 e. The topological polar surface area (TPSA) is 18.5 Å². The highest BCUT2D eigenvalue weighted by Gasteiger charge is 2.60. The van der Waals surface area contributed by atoms with Gasteiger partial charge in [-0.15, -0.1) is 0 Å². The first kappa shape index (κ1) is 29.4. The van der Waals surface area contributed by atoms with Crippen LogP contribution in [0.5, 0.6) is 5.75 Å². The van der Waals surface area contributed by atoms with Crippen LogP contribution in [-0.2, 0) is 4.74 Å². The fraction of sp³-hybridized carbons (Fsp3) is 0.765. The van der Waals surface area contributed by atoms with E-state index >= 15 is 0 Å². The van der Waals surface area contributed by atoms with E-state index in [2.05, 4.69) is 20.8 Å². The second-order valence-electron chi connectivity index (χ2n) is 13.8. The molecule has 4 aliphatic carbocycles. The molecule has 4 saturated carbocycles. The van der Waals surface area contributed by atoms with Crippen molar-refractivity contribution in [2.75, 3.05) is 14.2 Å². The first-order chi connectivity index (χ1) is 18.7. The maximum absolute atomic E-state index is 13.9. The third-order valence-corrected chi connectivity index (χ3v) is 13.3. The zero-order valence-corrected chi connectivity index (χ0v) is 25.6. The highest BCUT2D eigenvalue weighted by Crippen LogP contribution is 2.68. The molecule has 9 atom stereocenters. The molecule has 39 heavy (non-hydrogen) atoms. The van der Waals surface area contributed by atoms with Crippen molar-refractivity contribution in [1.29, 1.82) is 0 Å². The van der Waals surface area contributed by atoms with Crippen LogP contribution < -0.4 is 4.74 Å². The minimum absolute atomic E-state index is 0.177. The number of ether oxygens (including phenoxy) is 2. The maximum atomic E-state index is 13.9. The van der Waals surface area contributed by atoms with Gasteiger partial charge in [0.05, 0.1) is 18.1 Å². The minimum atomic E-state index is -2.44. The first-order valence-corrected chi connectivity index (χ1v) is 16.3. The molecule has 218 valence electrons. The van der Waals surface area contributed by atoms with E-state index in [9.17, 15) is 8.78 Å². The smallest absolute Gasteiger partial charge is 0.269 e. The highest BCUT2D eigenvalue weighted by molar-refractivity contribution is 8.03. The van der Waals surface area contributed by atoms with Gasteiger partial charge >= 0.3 is 0 Å². The normalized spacial score (nSPS) is 39.1. The van der Waals surface area contributed by atoms with E-state index in [0.717, 1.165) is 53.1 Å². The van der Waals surface area contributed by atoms with Crippen LogP contribution in [0, 0.1) is 46.3 Å². The van der Waals surface area contributed by atoms with Crippen molar-refractivity contribution in [3.8, 4) is 5.75 Å². The monoisotopic (exact) mass is 560 g/mol. The van der Waals surface area contributed by atoms with E-state index < -0.39 is 6.43 Å². The van der Waals surface area contributed by atoms with Crippen molar-refractivity contribution in [2.45, 2.75) is 109 Å². The van der Waals surface area contributed by atoms with Crippen molar-refractivity contribution in [1.82, 2.24) is 0 Å². The Kier molecular flexibility index (Phi) is 9.08. The Labute approximate surface area is 240 Å². The average Bonchev–Trinajstić information content (AvgIpc) is 3.29. The Morgan fingerprint density at radius 2 is 1.69 bits per heavy atom. The number of hydrogen-bond donors (Lipinski definition) is 0. The zero-order chi connectivity index (χ0) is 27.8. The molecule has 0 amide bonds. The van der Waals surface area contributed by atoms with Gasteiger partial charge in [-0.05, 0) is 141 Å². The lowest BCUT2D eigenvalue weighted by molar-refractivity contribution is -0.132. The van der Waals surface area contributed by atoms with Gasteiger partial charge in [0.2, 0.25) is 0 Å². The molecule has 5 heteroatoms. The minimum Gasteiger partial charge on any atom is -0.497 e. The summed E-state index contributed by atoms with van der Waals surface area (Å²) in [5, 5.41) is 0. The summed E-state index contributed by atoms with van der Waals surface area (Å²) < 4.78 is 38.7. The number of benzene rings is 1. The van der Waals surface area contributed by atoms with Crippen LogP contribution in [0.25, 0.3) is 0 Å². The molecule has 5 rings (SSSR count). The molecule has 0 aliphatic heterocycles. The molecule has 0 unspecified atom stereocenters. The fourth-order valence-corrected chi connectivity index (χ4v) is 10.9. The molecule has 1 aromatic carbocycles. The van der Waals surface area contributed by atoms with E-state index in [-0.39, 0.29) is 4.91 Å². The van der Waals surface area contributed by atoms with Gasteiger partial charge in [0.15, 0.2) is 0 Å². The SMILES string of the molecule is COc1ccc(S/C(=C\CC[C@@H](C)[C@H]2CC[C@H]3[C@@H]4CC[C@H]5C[C@H](OC)CC[C@]5(C)[C@H]4CC[C@]23C)C(F)F)cc1. The predicted octanol–water partition coefficient (Wildman–Crippen LogP) is 10.0. The summed E-state index contributed by atoms with van der Waals surface area (Å²) in [5.74, 6) is 5.48. The van der Waals surface area contributed by atoms with Crippen LogP contribution in [-0.4, -0.2) is 26.7 Å². The first-order valence-electron chi connectivity index (χ1n) is 15.5. The number of rotatable bonds is 9. The van der Waals surface area contributed by atoms with Crippen LogP contribution in [0.15, 0.2) is 40.1 Å². The molecular weight excluding hydrogens is 510 g/mol. The predicted molar refractivity (Wildman–Crippen MR) is 157 cm³/mol. The molecule has 0 saturated heterocycles. The van der Waals surface area contributed by atoms with Crippen molar-refractivity contribution < 1.29 is 18.3 Å². The fourth-order valence-electron chi connectivity index (χ4n) is 10.1. The molecule has 1 aromatic rings. The van der Waals surface area contributed by atoms with Gasteiger partial charge in [-0.2, -0.15) is 0 Å². The molecule has 0 bridgehead atoms. The van der Waals surface area contributed by atoms with E-state index in [1.54, 1.807) is 13.2 Å². The van der Waals surface area contributed by atoms with Gasteiger partial charge in [0, 0.05) is 12.0 Å². The van der Waals surface area contributed by atoms with Crippen LogP contribution in [0.3, 0.4) is 0 Å². The number of allylic oxidation sites excluding steroid dienone is 2. The number of methoxy groups -OCH3 is 2. The molecule has 0 heterocycles. The molecule has 0 spiro atoms. The quantitative estimate of drug-likeness (QED) is 0.280. The van der Waals surface area contributed by atoms with Gasteiger partial charge in [0.25, 0.3) is 6.43 Å². The van der Waals surface area contributed by atoms with Crippen LogP contribution in [0.1, 0.15) is 91.4 Å². The molecule has 2 nitrogen and oxygen atoms in total. The van der Waals surface area contributed by atoms with E-state index in [1.165, 1.54) is 69.5 Å². The molecule has 0 radical (unpaired) electrons. The summed E-state index contributed by atoms with van der Waals surface area (Å²) >= 11 is 1.19. The van der Waals surface area contributed by atoms with Crippen LogP contribution in [0.4, 0.5) is 8.78 Å². The van der Waals surface area contributed by atoms with E-state index in [0.29, 0.717) is 22.9 Å². The summed E-state index contributed by atoms with van der Waals surface area (Å²) in [6, 6.07) is 7.37. The summed E-state index contributed by atoms with van der Waals surface area (Å²) in [6.07, 6.45) is 13.6. The van der Waals surface area contributed by atoms with Crippen molar-refractivity contribution in [3.05, 3.63) is 35.2 Å². The average molecular weight is 561 g/mol. The van der Waals surface area contributed by atoms with Gasteiger partial charge in [-0.25, -0.2) is 8.78 Å². The summed E-state index contributed by atoms with van der Waals surface area (Å²) in [6.45, 7) is 7.65. The summed E-state index contributed by atoms with van der Waals surface area (Å²) in [5.41, 5.74) is 0.918. The number of alkyl halides is 2. The van der Waals surface area contributed by atoms with E-state index in [1.807, 2.05) is 31.4 Å².